The number of hydrogen-bond acceptors (Lipinski definition) is 3. The fourth-order valence-electron chi connectivity index (χ4n) is 3.21. The molecule has 0 fully saturated rings. The van der Waals surface area contributed by atoms with Crippen molar-refractivity contribution in [3.63, 3.8) is 0 Å². The standard InChI is InChI=1S/C19H23N3O2/c1-4-16-6-5-11-22(16)19(23)15-9-7-14(8-10-15)18-13(2)20-21-17(18)12-24-3/h5-10,16H,4,11-12H2,1-3H3,(H,20,21). The Morgan fingerprint density at radius 3 is 2.79 bits per heavy atom. The molecule has 2 aromatic rings. The Kier molecular flexibility index (Phi) is 4.81. The Morgan fingerprint density at radius 1 is 1.38 bits per heavy atom. The molecule has 1 aromatic heterocycles. The summed E-state index contributed by atoms with van der Waals surface area (Å²) < 4.78 is 5.21. The molecular weight excluding hydrogens is 302 g/mol. The number of ether oxygens (including phenoxy) is 1. The maximum Gasteiger partial charge on any atom is 0.254 e. The smallest absolute Gasteiger partial charge is 0.254 e. The van der Waals surface area contributed by atoms with Crippen molar-refractivity contribution in [3.05, 3.63) is 53.4 Å². The van der Waals surface area contributed by atoms with Crippen LogP contribution in [0.2, 0.25) is 0 Å². The third kappa shape index (κ3) is 2.99. The number of aromatic nitrogens is 2. The van der Waals surface area contributed by atoms with E-state index in [0.29, 0.717) is 13.2 Å². The Hall–Kier alpha value is -2.40. The number of aromatic amines is 1. The summed E-state index contributed by atoms with van der Waals surface area (Å²) in [6.45, 7) is 5.24. The number of hydrogen-bond donors (Lipinski definition) is 1. The average molecular weight is 325 g/mol. The Balaban J connectivity index is 1.84. The van der Waals surface area contributed by atoms with E-state index in [1.54, 1.807) is 7.11 Å². The molecule has 0 bridgehead atoms. The first-order valence-electron chi connectivity index (χ1n) is 8.26. The predicted molar refractivity (Wildman–Crippen MR) is 93.7 cm³/mol. The van der Waals surface area contributed by atoms with Gasteiger partial charge in [-0.2, -0.15) is 5.10 Å². The average Bonchev–Trinajstić information content (AvgIpc) is 3.21. The van der Waals surface area contributed by atoms with Gasteiger partial charge < -0.3 is 9.64 Å². The van der Waals surface area contributed by atoms with Gasteiger partial charge in [-0.3, -0.25) is 9.89 Å². The molecule has 0 spiro atoms. The molecule has 2 heterocycles. The summed E-state index contributed by atoms with van der Waals surface area (Å²) in [5.41, 5.74) is 4.68. The van der Waals surface area contributed by atoms with E-state index in [4.69, 9.17) is 4.74 Å². The number of benzene rings is 1. The molecule has 1 unspecified atom stereocenters. The second-order valence-corrected chi connectivity index (χ2v) is 6.04. The van der Waals surface area contributed by atoms with Gasteiger partial charge in [-0.25, -0.2) is 0 Å². The van der Waals surface area contributed by atoms with E-state index < -0.39 is 0 Å². The van der Waals surface area contributed by atoms with Crippen molar-refractivity contribution in [2.24, 2.45) is 0 Å². The number of nitrogens with zero attached hydrogens (tertiary/aromatic N) is 2. The number of amides is 1. The van der Waals surface area contributed by atoms with E-state index in [1.807, 2.05) is 36.1 Å². The van der Waals surface area contributed by atoms with E-state index in [9.17, 15) is 4.79 Å². The largest absolute Gasteiger partial charge is 0.378 e. The lowest BCUT2D eigenvalue weighted by molar-refractivity contribution is 0.0747. The van der Waals surface area contributed by atoms with Gasteiger partial charge in [0.15, 0.2) is 0 Å². The zero-order valence-electron chi connectivity index (χ0n) is 14.4. The van der Waals surface area contributed by atoms with E-state index in [-0.39, 0.29) is 11.9 Å². The van der Waals surface area contributed by atoms with E-state index in [1.165, 1.54) is 0 Å². The van der Waals surface area contributed by atoms with E-state index >= 15 is 0 Å². The maximum atomic E-state index is 12.7. The SMILES string of the molecule is CCC1C=CCN1C(=O)c1ccc(-c2c(COC)n[nH]c2C)cc1. The van der Waals surface area contributed by atoms with E-state index in [0.717, 1.165) is 34.5 Å². The van der Waals surface area contributed by atoms with Crippen molar-refractivity contribution in [1.29, 1.82) is 0 Å². The number of methoxy groups -OCH3 is 1. The van der Waals surface area contributed by atoms with Crippen molar-refractivity contribution < 1.29 is 9.53 Å². The normalized spacial score (nSPS) is 16.8. The number of aryl methyl sites for hydroxylation is 1. The van der Waals surface area contributed by atoms with Crippen LogP contribution < -0.4 is 0 Å². The fourth-order valence-corrected chi connectivity index (χ4v) is 3.21. The number of nitrogens with one attached hydrogen (secondary N) is 1. The zero-order valence-corrected chi connectivity index (χ0v) is 14.4. The highest BCUT2D eigenvalue weighted by Crippen LogP contribution is 2.27. The molecule has 5 nitrogen and oxygen atoms in total. The first kappa shape index (κ1) is 16.5. The molecular formula is C19H23N3O2. The minimum absolute atomic E-state index is 0.0828. The lowest BCUT2D eigenvalue weighted by Gasteiger charge is -2.23. The van der Waals surface area contributed by atoms with Crippen molar-refractivity contribution in [2.45, 2.75) is 32.9 Å². The summed E-state index contributed by atoms with van der Waals surface area (Å²) in [5, 5.41) is 7.29. The highest BCUT2D eigenvalue weighted by atomic mass is 16.5. The molecule has 1 amide bonds. The quantitative estimate of drug-likeness (QED) is 0.858. The van der Waals surface area contributed by atoms with Crippen LogP contribution in [0.4, 0.5) is 0 Å². The van der Waals surface area contributed by atoms with Crippen LogP contribution in [0.15, 0.2) is 36.4 Å². The van der Waals surface area contributed by atoms with Crippen LogP contribution in [-0.2, 0) is 11.3 Å². The van der Waals surface area contributed by atoms with Crippen LogP contribution in [0.5, 0.6) is 0 Å². The first-order valence-corrected chi connectivity index (χ1v) is 8.26. The van der Waals surface area contributed by atoms with Crippen molar-refractivity contribution in [3.8, 4) is 11.1 Å². The summed E-state index contributed by atoms with van der Waals surface area (Å²) in [5.74, 6) is 0.0828. The molecule has 5 heteroatoms. The summed E-state index contributed by atoms with van der Waals surface area (Å²) in [6, 6.07) is 7.96. The monoisotopic (exact) mass is 325 g/mol. The second-order valence-electron chi connectivity index (χ2n) is 6.04. The molecule has 0 aliphatic carbocycles. The van der Waals surface area contributed by atoms with Gasteiger partial charge in [-0.15, -0.1) is 0 Å². The zero-order chi connectivity index (χ0) is 17.1. The van der Waals surface area contributed by atoms with Crippen LogP contribution >= 0.6 is 0 Å². The third-order valence-electron chi connectivity index (χ3n) is 4.46. The van der Waals surface area contributed by atoms with E-state index in [2.05, 4.69) is 29.3 Å². The molecule has 3 rings (SSSR count). The molecule has 0 radical (unpaired) electrons. The van der Waals surface area contributed by atoms with Crippen LogP contribution in [0, 0.1) is 6.92 Å². The van der Waals surface area contributed by atoms with Gasteiger partial charge in [0.1, 0.15) is 0 Å². The van der Waals surface area contributed by atoms with Crippen LogP contribution in [-0.4, -0.2) is 40.7 Å². The van der Waals surface area contributed by atoms with Crippen molar-refractivity contribution >= 4 is 5.91 Å². The van der Waals surface area contributed by atoms with Gasteiger partial charge in [0, 0.05) is 30.5 Å². The van der Waals surface area contributed by atoms with Gasteiger partial charge in [0.2, 0.25) is 0 Å². The van der Waals surface area contributed by atoms with Crippen molar-refractivity contribution in [1.82, 2.24) is 15.1 Å². The Morgan fingerprint density at radius 2 is 2.12 bits per heavy atom. The first-order chi connectivity index (χ1) is 11.7. The molecule has 1 aliphatic heterocycles. The maximum absolute atomic E-state index is 12.7. The van der Waals surface area contributed by atoms with Gasteiger partial charge >= 0.3 is 0 Å². The van der Waals surface area contributed by atoms with Crippen molar-refractivity contribution in [2.75, 3.05) is 13.7 Å². The second kappa shape index (κ2) is 7.01. The summed E-state index contributed by atoms with van der Waals surface area (Å²) in [4.78, 5) is 14.6. The van der Waals surface area contributed by atoms with Gasteiger partial charge in [-0.05, 0) is 31.0 Å². The molecule has 24 heavy (non-hydrogen) atoms. The summed E-state index contributed by atoms with van der Waals surface area (Å²) >= 11 is 0. The minimum atomic E-state index is 0.0828. The summed E-state index contributed by atoms with van der Waals surface area (Å²) in [7, 11) is 1.66. The molecule has 1 aliphatic rings. The number of rotatable bonds is 5. The van der Waals surface area contributed by atoms with Gasteiger partial charge in [0.25, 0.3) is 5.91 Å². The molecule has 0 saturated carbocycles. The topological polar surface area (TPSA) is 58.2 Å². The highest BCUT2D eigenvalue weighted by molar-refractivity contribution is 5.95. The molecule has 1 aromatic carbocycles. The van der Waals surface area contributed by atoms with Gasteiger partial charge in [0.05, 0.1) is 18.3 Å². The molecule has 1 atom stereocenters. The highest BCUT2D eigenvalue weighted by Gasteiger charge is 2.24. The molecule has 0 saturated heterocycles. The number of carbonyl (C=O) groups excluding carboxylic acids is 1. The van der Waals surface area contributed by atoms with Crippen LogP contribution in [0.3, 0.4) is 0 Å². The summed E-state index contributed by atoms with van der Waals surface area (Å²) in [6.07, 6.45) is 5.11. The molecule has 126 valence electrons. The van der Waals surface area contributed by atoms with Crippen LogP contribution in [0.1, 0.15) is 35.1 Å². The predicted octanol–water partition coefficient (Wildman–Crippen LogP) is 3.32. The number of H-pyrrole nitrogens is 1. The Bertz CT molecular complexity index is 746. The number of carbonyl (C=O) groups is 1. The molecule has 1 N–H and O–H groups in total. The van der Waals surface area contributed by atoms with Gasteiger partial charge in [-0.1, -0.05) is 31.2 Å². The van der Waals surface area contributed by atoms with Crippen LogP contribution in [0.25, 0.3) is 11.1 Å². The fraction of sp³-hybridized carbons (Fsp3) is 0.368. The Labute approximate surface area is 142 Å². The lowest BCUT2D eigenvalue weighted by Crippen LogP contribution is -2.35. The lowest BCUT2D eigenvalue weighted by atomic mass is 10.0. The minimum Gasteiger partial charge on any atom is -0.378 e. The third-order valence-corrected chi connectivity index (χ3v) is 4.46.